The molecule has 25 heavy (non-hydrogen) atoms. The van der Waals surface area contributed by atoms with Crippen molar-refractivity contribution >= 4 is 27.8 Å². The van der Waals surface area contributed by atoms with E-state index in [0.717, 1.165) is 4.47 Å². The van der Waals surface area contributed by atoms with Crippen LogP contribution in [0, 0.1) is 0 Å². The minimum atomic E-state index is -0.255. The van der Waals surface area contributed by atoms with Gasteiger partial charge in [0.2, 0.25) is 0 Å². The van der Waals surface area contributed by atoms with Crippen molar-refractivity contribution in [1.29, 1.82) is 0 Å². The summed E-state index contributed by atoms with van der Waals surface area (Å²) in [4.78, 5) is 23.7. The molecule has 0 saturated carbocycles. The Morgan fingerprint density at radius 1 is 1.12 bits per heavy atom. The van der Waals surface area contributed by atoms with Crippen molar-refractivity contribution in [2.24, 2.45) is 0 Å². The summed E-state index contributed by atoms with van der Waals surface area (Å²) in [7, 11) is 0. The zero-order valence-electron chi connectivity index (χ0n) is 14.0. The van der Waals surface area contributed by atoms with E-state index in [1.807, 2.05) is 30.3 Å². The SMILES string of the molecule is CCOC(=O)CCCNC(=O)c1ccccc1Oc1cccc(Br)c1. The molecule has 0 aliphatic rings. The summed E-state index contributed by atoms with van der Waals surface area (Å²) in [5.41, 5.74) is 0.443. The number of carbonyl (C=O) groups excluding carboxylic acids is 2. The summed E-state index contributed by atoms with van der Waals surface area (Å²) in [5, 5.41) is 2.80. The average molecular weight is 406 g/mol. The average Bonchev–Trinajstić information content (AvgIpc) is 2.59. The van der Waals surface area contributed by atoms with Gasteiger partial charge in [-0.1, -0.05) is 34.1 Å². The third-order valence-corrected chi connectivity index (χ3v) is 3.80. The van der Waals surface area contributed by atoms with Crippen LogP contribution in [0.2, 0.25) is 0 Å². The van der Waals surface area contributed by atoms with Crippen LogP contribution in [0.5, 0.6) is 11.5 Å². The van der Waals surface area contributed by atoms with Crippen LogP contribution in [0.4, 0.5) is 0 Å². The summed E-state index contributed by atoms with van der Waals surface area (Å²) in [5.74, 6) is 0.616. The predicted molar refractivity (Wildman–Crippen MR) is 98.9 cm³/mol. The Morgan fingerprint density at radius 2 is 1.92 bits per heavy atom. The summed E-state index contributed by atoms with van der Waals surface area (Å²) < 4.78 is 11.6. The smallest absolute Gasteiger partial charge is 0.305 e. The zero-order chi connectivity index (χ0) is 18.1. The number of carbonyl (C=O) groups is 2. The quantitative estimate of drug-likeness (QED) is 0.524. The predicted octanol–water partition coefficient (Wildman–Crippen LogP) is 4.31. The monoisotopic (exact) mass is 405 g/mol. The molecule has 0 atom stereocenters. The van der Waals surface area contributed by atoms with Crippen LogP contribution >= 0.6 is 15.9 Å². The first kappa shape index (κ1) is 19.0. The fraction of sp³-hybridized carbons (Fsp3) is 0.263. The molecule has 0 saturated heterocycles. The van der Waals surface area contributed by atoms with E-state index in [-0.39, 0.29) is 18.3 Å². The fourth-order valence-corrected chi connectivity index (χ4v) is 2.54. The van der Waals surface area contributed by atoms with E-state index in [1.54, 1.807) is 25.1 Å². The van der Waals surface area contributed by atoms with Crippen LogP contribution in [0.15, 0.2) is 53.0 Å². The number of esters is 1. The van der Waals surface area contributed by atoms with Gasteiger partial charge in [-0.05, 0) is 43.7 Å². The molecule has 0 bridgehead atoms. The highest BCUT2D eigenvalue weighted by molar-refractivity contribution is 9.10. The van der Waals surface area contributed by atoms with Gasteiger partial charge in [0.15, 0.2) is 0 Å². The van der Waals surface area contributed by atoms with Gasteiger partial charge in [0, 0.05) is 17.4 Å². The Labute approximate surface area is 155 Å². The topological polar surface area (TPSA) is 64.6 Å². The van der Waals surface area contributed by atoms with Crippen LogP contribution in [0.25, 0.3) is 0 Å². The van der Waals surface area contributed by atoms with Crippen LogP contribution < -0.4 is 10.1 Å². The number of ether oxygens (including phenoxy) is 2. The highest BCUT2D eigenvalue weighted by Crippen LogP contribution is 2.27. The third-order valence-electron chi connectivity index (χ3n) is 3.30. The second-order valence-corrected chi connectivity index (χ2v) is 6.14. The molecule has 0 heterocycles. The van der Waals surface area contributed by atoms with Crippen molar-refractivity contribution in [2.75, 3.05) is 13.2 Å². The maximum absolute atomic E-state index is 12.4. The van der Waals surface area contributed by atoms with Gasteiger partial charge in [0.25, 0.3) is 5.91 Å². The molecule has 5 nitrogen and oxygen atoms in total. The lowest BCUT2D eigenvalue weighted by Gasteiger charge is -2.11. The number of hydrogen-bond acceptors (Lipinski definition) is 4. The minimum absolute atomic E-state index is 0.241. The first-order valence-electron chi connectivity index (χ1n) is 8.06. The van der Waals surface area contributed by atoms with Crippen LogP contribution in [0.1, 0.15) is 30.1 Å². The van der Waals surface area contributed by atoms with Crippen molar-refractivity contribution in [3.8, 4) is 11.5 Å². The van der Waals surface area contributed by atoms with E-state index >= 15 is 0 Å². The molecule has 0 aromatic heterocycles. The Kier molecular flexibility index (Phi) is 7.47. The molecule has 0 unspecified atom stereocenters. The van der Waals surface area contributed by atoms with E-state index < -0.39 is 0 Å². The Hall–Kier alpha value is -2.34. The molecule has 6 heteroatoms. The highest BCUT2D eigenvalue weighted by atomic mass is 79.9. The Balaban J connectivity index is 1.95. The van der Waals surface area contributed by atoms with E-state index in [0.29, 0.717) is 36.6 Å². The van der Waals surface area contributed by atoms with Crippen molar-refractivity contribution in [3.63, 3.8) is 0 Å². The minimum Gasteiger partial charge on any atom is -0.466 e. The van der Waals surface area contributed by atoms with Crippen molar-refractivity contribution in [3.05, 3.63) is 58.6 Å². The molecule has 1 amide bonds. The molecule has 1 N–H and O–H groups in total. The molecule has 0 radical (unpaired) electrons. The molecular weight excluding hydrogens is 386 g/mol. The van der Waals surface area contributed by atoms with Gasteiger partial charge in [0.1, 0.15) is 11.5 Å². The normalized spacial score (nSPS) is 10.2. The molecule has 2 aromatic rings. The number of para-hydroxylation sites is 1. The maximum Gasteiger partial charge on any atom is 0.305 e. The number of halogens is 1. The van der Waals surface area contributed by atoms with Gasteiger partial charge < -0.3 is 14.8 Å². The maximum atomic E-state index is 12.4. The molecular formula is C19H20BrNO4. The number of benzene rings is 2. The third kappa shape index (κ3) is 6.23. The van der Waals surface area contributed by atoms with Crippen molar-refractivity contribution in [2.45, 2.75) is 19.8 Å². The first-order valence-corrected chi connectivity index (χ1v) is 8.85. The summed E-state index contributed by atoms with van der Waals surface area (Å²) in [6.07, 6.45) is 0.809. The molecule has 0 aliphatic heterocycles. The summed E-state index contributed by atoms with van der Waals surface area (Å²) >= 11 is 3.39. The van der Waals surface area contributed by atoms with Gasteiger partial charge in [-0.2, -0.15) is 0 Å². The fourth-order valence-electron chi connectivity index (χ4n) is 2.16. The zero-order valence-corrected chi connectivity index (χ0v) is 15.5. The number of hydrogen-bond donors (Lipinski definition) is 1. The Bertz CT molecular complexity index is 733. The summed E-state index contributed by atoms with van der Waals surface area (Å²) in [6.45, 7) is 2.52. The lowest BCUT2D eigenvalue weighted by atomic mass is 10.2. The van der Waals surface area contributed by atoms with E-state index in [4.69, 9.17) is 9.47 Å². The lowest BCUT2D eigenvalue weighted by molar-refractivity contribution is -0.143. The molecule has 2 aromatic carbocycles. The molecule has 0 spiro atoms. The molecule has 2 rings (SSSR count). The van der Waals surface area contributed by atoms with E-state index in [9.17, 15) is 9.59 Å². The number of amides is 1. The standard InChI is InChI=1S/C19H20BrNO4/c1-2-24-18(22)11-6-12-21-19(23)16-9-3-4-10-17(16)25-15-8-5-7-14(20)13-15/h3-5,7-10,13H,2,6,11-12H2,1H3,(H,21,23). The molecule has 0 fully saturated rings. The van der Waals surface area contributed by atoms with Crippen molar-refractivity contribution < 1.29 is 19.1 Å². The van der Waals surface area contributed by atoms with E-state index in [2.05, 4.69) is 21.2 Å². The van der Waals surface area contributed by atoms with Crippen LogP contribution in [0.3, 0.4) is 0 Å². The van der Waals surface area contributed by atoms with E-state index in [1.165, 1.54) is 0 Å². The number of nitrogens with one attached hydrogen (secondary N) is 1. The van der Waals surface area contributed by atoms with Crippen LogP contribution in [-0.2, 0) is 9.53 Å². The van der Waals surface area contributed by atoms with Crippen LogP contribution in [-0.4, -0.2) is 25.0 Å². The number of rotatable bonds is 8. The van der Waals surface area contributed by atoms with Gasteiger partial charge in [0.05, 0.1) is 12.2 Å². The lowest BCUT2D eigenvalue weighted by Crippen LogP contribution is -2.25. The Morgan fingerprint density at radius 3 is 2.68 bits per heavy atom. The summed E-state index contributed by atoms with van der Waals surface area (Å²) in [6, 6.07) is 14.4. The largest absolute Gasteiger partial charge is 0.466 e. The highest BCUT2D eigenvalue weighted by Gasteiger charge is 2.13. The molecule has 132 valence electrons. The van der Waals surface area contributed by atoms with Gasteiger partial charge >= 0.3 is 5.97 Å². The first-order chi connectivity index (χ1) is 12.1. The second kappa shape index (κ2) is 9.84. The van der Waals surface area contributed by atoms with Gasteiger partial charge in [-0.15, -0.1) is 0 Å². The molecule has 0 aliphatic carbocycles. The second-order valence-electron chi connectivity index (χ2n) is 5.22. The van der Waals surface area contributed by atoms with Crippen molar-refractivity contribution in [1.82, 2.24) is 5.32 Å². The van der Waals surface area contributed by atoms with Gasteiger partial charge in [-0.3, -0.25) is 9.59 Å². The van der Waals surface area contributed by atoms with Gasteiger partial charge in [-0.25, -0.2) is 0 Å².